The number of carbonyl (C=O) groups is 5. The Morgan fingerprint density at radius 3 is 2.14 bits per heavy atom. The Balaban J connectivity index is 0.675. The predicted molar refractivity (Wildman–Crippen MR) is 228 cm³/mol. The number of carbonyl (C=O) groups excluding carboxylic acids is 5. The molecule has 2 atom stereocenters. The zero-order valence-corrected chi connectivity index (χ0v) is 34.9. The number of rotatable bonds is 10. The van der Waals surface area contributed by atoms with Gasteiger partial charge in [-0.05, 0) is 68.7 Å². The molecule has 0 aliphatic carbocycles. The van der Waals surface area contributed by atoms with Crippen LogP contribution in [0.1, 0.15) is 58.9 Å². The SMILES string of the molecule is [C-]#[N+]c1ccc(N2CCC(C(=O)Nc3ccc(N4CC(CN5CCN(CC6CN(c7ccc8c(c7)C(=O)N(C7CCC(=O)NC7=O)C8=O)C6)[C@H](C)C5)C4)cn3)CC2)cc1C(F)(F)F. The quantitative estimate of drug-likeness (QED) is 0.220. The van der Waals surface area contributed by atoms with E-state index in [4.69, 9.17) is 6.57 Å². The van der Waals surface area contributed by atoms with Gasteiger partial charge >= 0.3 is 6.18 Å². The van der Waals surface area contributed by atoms with Crippen LogP contribution in [0.25, 0.3) is 4.85 Å². The Bertz CT molecular complexity index is 2350. The maximum atomic E-state index is 13.5. The highest BCUT2D eigenvalue weighted by Crippen LogP contribution is 2.40. The molecule has 330 valence electrons. The average molecular weight is 867 g/mol. The number of nitrogens with zero attached hydrogens (tertiary/aromatic N) is 8. The van der Waals surface area contributed by atoms with Crippen molar-refractivity contribution in [1.82, 2.24) is 25.0 Å². The van der Waals surface area contributed by atoms with Gasteiger partial charge < -0.3 is 24.9 Å². The van der Waals surface area contributed by atoms with Crippen molar-refractivity contribution in [2.24, 2.45) is 17.8 Å². The number of anilines is 4. The van der Waals surface area contributed by atoms with Crippen molar-refractivity contribution < 1.29 is 37.1 Å². The van der Waals surface area contributed by atoms with Gasteiger partial charge in [-0.2, -0.15) is 13.2 Å². The van der Waals surface area contributed by atoms with Gasteiger partial charge in [0.05, 0.1) is 35.1 Å². The Morgan fingerprint density at radius 1 is 0.810 bits per heavy atom. The van der Waals surface area contributed by atoms with Crippen molar-refractivity contribution in [3.63, 3.8) is 0 Å². The second kappa shape index (κ2) is 16.9. The van der Waals surface area contributed by atoms with Crippen LogP contribution < -0.4 is 25.3 Å². The van der Waals surface area contributed by atoms with Gasteiger partial charge in [0.25, 0.3) is 11.8 Å². The average Bonchev–Trinajstić information content (AvgIpc) is 3.48. The van der Waals surface area contributed by atoms with Crippen LogP contribution in [0, 0.1) is 24.3 Å². The number of pyridine rings is 1. The van der Waals surface area contributed by atoms with Crippen LogP contribution in [-0.4, -0.2) is 133 Å². The number of fused-ring (bicyclic) bond motifs is 1. The minimum atomic E-state index is -4.62. The first-order valence-corrected chi connectivity index (χ1v) is 21.6. The van der Waals surface area contributed by atoms with Gasteiger partial charge in [-0.25, -0.2) is 9.83 Å². The van der Waals surface area contributed by atoms with E-state index in [-0.39, 0.29) is 30.2 Å². The summed E-state index contributed by atoms with van der Waals surface area (Å²) in [4.78, 5) is 83.5. The van der Waals surface area contributed by atoms with Gasteiger partial charge in [0.1, 0.15) is 11.9 Å². The van der Waals surface area contributed by atoms with Gasteiger partial charge in [0, 0.05) is 114 Å². The Morgan fingerprint density at radius 2 is 1.48 bits per heavy atom. The highest BCUT2D eigenvalue weighted by Gasteiger charge is 2.45. The summed E-state index contributed by atoms with van der Waals surface area (Å²) in [6.07, 6.45) is -1.64. The monoisotopic (exact) mass is 866 g/mol. The minimum Gasteiger partial charge on any atom is -0.372 e. The van der Waals surface area contributed by atoms with Crippen molar-refractivity contribution in [3.05, 3.63) is 82.8 Å². The molecule has 2 aromatic carbocycles. The lowest BCUT2D eigenvalue weighted by molar-refractivity contribution is -0.137. The smallest absolute Gasteiger partial charge is 0.372 e. The molecule has 1 aromatic heterocycles. The maximum Gasteiger partial charge on any atom is 0.407 e. The summed E-state index contributed by atoms with van der Waals surface area (Å²) >= 11 is 0. The van der Waals surface area contributed by atoms with Crippen LogP contribution in [0.2, 0.25) is 0 Å². The van der Waals surface area contributed by atoms with Crippen LogP contribution in [0.3, 0.4) is 0 Å². The topological polar surface area (TPSA) is 146 Å². The summed E-state index contributed by atoms with van der Waals surface area (Å²) in [5, 5.41) is 5.15. The first-order chi connectivity index (χ1) is 30.2. The lowest BCUT2D eigenvalue weighted by Gasteiger charge is -2.48. The van der Waals surface area contributed by atoms with Crippen molar-refractivity contribution in [2.45, 2.75) is 50.9 Å². The van der Waals surface area contributed by atoms with Crippen molar-refractivity contribution in [1.29, 1.82) is 0 Å². The first kappa shape index (κ1) is 42.3. The Labute approximate surface area is 363 Å². The molecule has 5 fully saturated rings. The van der Waals surface area contributed by atoms with Gasteiger partial charge in [-0.15, -0.1) is 0 Å². The highest BCUT2D eigenvalue weighted by molar-refractivity contribution is 6.23. The molecule has 2 N–H and O–H groups in total. The van der Waals surface area contributed by atoms with Crippen LogP contribution in [0.15, 0.2) is 54.7 Å². The molecule has 3 aromatic rings. The third kappa shape index (κ3) is 8.55. The third-order valence-corrected chi connectivity index (χ3v) is 13.6. The van der Waals surface area contributed by atoms with Gasteiger partial charge in [-0.1, -0.05) is 6.07 Å². The van der Waals surface area contributed by atoms with E-state index >= 15 is 0 Å². The molecule has 5 amide bonds. The van der Waals surface area contributed by atoms with E-state index in [1.807, 2.05) is 23.1 Å². The van der Waals surface area contributed by atoms with E-state index in [0.717, 1.165) is 81.2 Å². The number of piperazine rings is 1. The molecule has 0 bridgehead atoms. The normalized spacial score (nSPS) is 23.0. The molecule has 0 spiro atoms. The number of hydrogen-bond acceptors (Lipinski definition) is 11. The zero-order chi connectivity index (χ0) is 44.2. The molecule has 63 heavy (non-hydrogen) atoms. The number of halogens is 3. The fourth-order valence-corrected chi connectivity index (χ4v) is 9.97. The van der Waals surface area contributed by atoms with Gasteiger partial charge in [-0.3, -0.25) is 39.1 Å². The number of amides is 5. The molecule has 5 saturated heterocycles. The molecule has 6 aliphatic heterocycles. The molecule has 6 aliphatic rings. The number of aromatic nitrogens is 1. The number of imide groups is 2. The summed E-state index contributed by atoms with van der Waals surface area (Å²) in [6, 6.07) is 12.3. The fraction of sp³-hybridized carbons (Fsp3) is 0.489. The summed E-state index contributed by atoms with van der Waals surface area (Å²) < 4.78 is 40.5. The van der Waals surface area contributed by atoms with E-state index < -0.39 is 47.1 Å². The molecular formula is C45H49F3N10O5. The van der Waals surface area contributed by atoms with Crippen LogP contribution >= 0.6 is 0 Å². The van der Waals surface area contributed by atoms with E-state index in [9.17, 15) is 37.1 Å². The first-order valence-electron chi connectivity index (χ1n) is 21.6. The predicted octanol–water partition coefficient (Wildman–Crippen LogP) is 4.49. The lowest BCUT2D eigenvalue weighted by Crippen LogP contribution is -2.59. The van der Waals surface area contributed by atoms with E-state index in [0.29, 0.717) is 60.9 Å². The molecule has 0 saturated carbocycles. The second-order valence-electron chi connectivity index (χ2n) is 17.8. The molecule has 18 heteroatoms. The number of piperidine rings is 2. The number of hydrogen-bond donors (Lipinski definition) is 2. The molecule has 1 unspecified atom stereocenters. The third-order valence-electron chi connectivity index (χ3n) is 13.6. The van der Waals surface area contributed by atoms with Crippen molar-refractivity contribution >= 4 is 58.1 Å². The highest BCUT2D eigenvalue weighted by atomic mass is 19.4. The summed E-state index contributed by atoms with van der Waals surface area (Å²) in [7, 11) is 0. The number of benzene rings is 2. The van der Waals surface area contributed by atoms with E-state index in [1.165, 1.54) is 12.1 Å². The van der Waals surface area contributed by atoms with Crippen molar-refractivity contribution in [2.75, 3.05) is 92.0 Å². The Kier molecular flexibility index (Phi) is 11.3. The molecule has 0 radical (unpaired) electrons. The van der Waals surface area contributed by atoms with Crippen LogP contribution in [0.4, 0.5) is 41.7 Å². The largest absolute Gasteiger partial charge is 0.407 e. The summed E-state index contributed by atoms with van der Waals surface area (Å²) in [6.45, 7) is 18.8. The van der Waals surface area contributed by atoms with Gasteiger partial charge in [0.2, 0.25) is 17.7 Å². The maximum absolute atomic E-state index is 13.5. The van der Waals surface area contributed by atoms with Crippen LogP contribution in [-0.2, 0) is 20.6 Å². The standard InChI is InChI=1S/C45H49F3N10O5/c1-27-20-53(15-16-55(27)22-29-25-56(26-29)31-3-6-34-35(17-31)44(63)58(43(34)62)38-8-10-40(59)52-42(38)61)21-28-23-57(24-28)33-5-9-39(50-19-33)51-41(60)30-11-13-54(14-12-30)32-4-7-37(49-2)36(18-32)45(46,47)48/h3-7,9,17-19,27-30,38H,8,10-16,20-26H2,1H3,(H,50,51,60)(H,52,59,61)/t27-,38?/m1/s1. The number of alkyl halides is 3. The zero-order valence-electron chi connectivity index (χ0n) is 34.9. The van der Waals surface area contributed by atoms with Crippen LogP contribution in [0.5, 0.6) is 0 Å². The minimum absolute atomic E-state index is 0.0844. The van der Waals surface area contributed by atoms with Gasteiger partial charge in [0.15, 0.2) is 5.69 Å². The second-order valence-corrected chi connectivity index (χ2v) is 17.8. The Hall–Kier alpha value is -6.06. The molecular weight excluding hydrogens is 818 g/mol. The molecule has 15 nitrogen and oxygen atoms in total. The van der Waals surface area contributed by atoms with E-state index in [2.05, 4.69) is 47.0 Å². The summed E-state index contributed by atoms with van der Waals surface area (Å²) in [5.74, 6) is -0.946. The van der Waals surface area contributed by atoms with Crippen molar-refractivity contribution in [3.8, 4) is 0 Å². The van der Waals surface area contributed by atoms with E-state index in [1.54, 1.807) is 18.3 Å². The fourth-order valence-electron chi connectivity index (χ4n) is 9.97. The molecule has 7 heterocycles. The molecule has 9 rings (SSSR count). The summed E-state index contributed by atoms with van der Waals surface area (Å²) in [5.41, 5.74) is 1.50. The lowest BCUT2D eigenvalue weighted by atomic mass is 9.95. The number of nitrogens with one attached hydrogen (secondary N) is 2.